The summed E-state index contributed by atoms with van der Waals surface area (Å²) in [5, 5.41) is 0. The number of nitrogens with two attached hydrogens (primary N) is 1. The number of Topliss-reactive ketones (excluding diaryl/α,β-unsaturated/α-hetero) is 1. The Kier molecular flexibility index (Phi) is 6.34. The number of carbonyl (C=O) groups is 1. The van der Waals surface area contributed by atoms with E-state index in [9.17, 15) is 22.4 Å². The van der Waals surface area contributed by atoms with E-state index in [2.05, 4.69) is 0 Å². The number of carbonyl (C=O) groups excluding carboxylic acids is 1. The van der Waals surface area contributed by atoms with Crippen molar-refractivity contribution in [3.05, 3.63) is 29.6 Å². The van der Waals surface area contributed by atoms with Crippen LogP contribution in [0.25, 0.3) is 0 Å². The Morgan fingerprint density at radius 3 is 2.45 bits per heavy atom. The Morgan fingerprint density at radius 2 is 1.91 bits per heavy atom. The van der Waals surface area contributed by atoms with Crippen LogP contribution < -0.4 is 10.5 Å². The summed E-state index contributed by atoms with van der Waals surface area (Å²) < 4.78 is 55.8. The second-order valence-electron chi connectivity index (χ2n) is 5.36. The van der Waals surface area contributed by atoms with E-state index in [4.69, 9.17) is 10.5 Å². The molecule has 0 unspecified atom stereocenters. The maximum absolute atomic E-state index is 13.1. The number of halogens is 4. The van der Waals surface area contributed by atoms with Gasteiger partial charge in [-0.15, -0.1) is 0 Å². The van der Waals surface area contributed by atoms with Crippen LogP contribution in [0.5, 0.6) is 5.75 Å². The fourth-order valence-corrected chi connectivity index (χ4v) is 1.78. The molecule has 0 saturated carbocycles. The van der Waals surface area contributed by atoms with Crippen molar-refractivity contribution in [2.75, 3.05) is 6.61 Å². The molecule has 1 aromatic carbocycles. The monoisotopic (exact) mass is 321 g/mol. The molecule has 0 bridgehead atoms. The lowest BCUT2D eigenvalue weighted by molar-refractivity contribution is -0.137. The first-order chi connectivity index (χ1) is 10.1. The second-order valence-corrected chi connectivity index (χ2v) is 5.36. The van der Waals surface area contributed by atoms with Gasteiger partial charge < -0.3 is 10.5 Å². The summed E-state index contributed by atoms with van der Waals surface area (Å²) in [6.07, 6.45) is -4.17. The summed E-state index contributed by atoms with van der Waals surface area (Å²) in [6, 6.07) is 1.44. The number of ketones is 1. The van der Waals surface area contributed by atoms with E-state index in [1.54, 1.807) is 0 Å². The number of alkyl halides is 3. The maximum atomic E-state index is 13.1. The number of hydrogen-bond acceptors (Lipinski definition) is 3. The Balaban J connectivity index is 2.52. The van der Waals surface area contributed by atoms with Gasteiger partial charge in [0.15, 0.2) is 0 Å². The van der Waals surface area contributed by atoms with Gasteiger partial charge in [0.2, 0.25) is 0 Å². The molecule has 0 spiro atoms. The van der Waals surface area contributed by atoms with E-state index < -0.39 is 23.6 Å². The van der Waals surface area contributed by atoms with Crippen molar-refractivity contribution in [1.82, 2.24) is 0 Å². The average molecular weight is 321 g/mol. The number of rotatable bonds is 7. The Labute approximate surface area is 126 Å². The lowest BCUT2D eigenvalue weighted by Gasteiger charge is -2.14. The minimum atomic E-state index is -4.64. The van der Waals surface area contributed by atoms with E-state index in [-0.39, 0.29) is 30.5 Å². The molecule has 2 N–H and O–H groups in total. The summed E-state index contributed by atoms with van der Waals surface area (Å²) in [7, 11) is 0. The number of benzene rings is 1. The van der Waals surface area contributed by atoms with Crippen molar-refractivity contribution in [1.29, 1.82) is 0 Å². The Hall–Kier alpha value is -1.63. The van der Waals surface area contributed by atoms with Crippen molar-refractivity contribution in [3.63, 3.8) is 0 Å². The van der Waals surface area contributed by atoms with E-state index in [1.165, 1.54) is 0 Å². The van der Waals surface area contributed by atoms with Crippen molar-refractivity contribution in [2.24, 2.45) is 11.7 Å². The number of hydrogen-bond donors (Lipinski definition) is 1. The molecule has 0 fully saturated rings. The predicted molar refractivity (Wildman–Crippen MR) is 74.0 cm³/mol. The van der Waals surface area contributed by atoms with Gasteiger partial charge in [0.25, 0.3) is 0 Å². The highest BCUT2D eigenvalue weighted by Gasteiger charge is 2.31. The minimum Gasteiger partial charge on any atom is -0.493 e. The molecule has 0 radical (unpaired) electrons. The molecular weight excluding hydrogens is 302 g/mol. The summed E-state index contributed by atoms with van der Waals surface area (Å²) >= 11 is 0. The second kappa shape index (κ2) is 7.58. The molecule has 124 valence electrons. The highest BCUT2D eigenvalue weighted by molar-refractivity contribution is 5.83. The lowest BCUT2D eigenvalue weighted by atomic mass is 9.98. The topological polar surface area (TPSA) is 52.3 Å². The molecule has 0 aromatic heterocycles. The molecule has 0 saturated heterocycles. The van der Waals surface area contributed by atoms with Gasteiger partial charge in [-0.3, -0.25) is 4.79 Å². The van der Waals surface area contributed by atoms with Gasteiger partial charge in [-0.25, -0.2) is 4.39 Å². The first-order valence-electron chi connectivity index (χ1n) is 6.90. The van der Waals surface area contributed by atoms with Crippen LogP contribution in [0.3, 0.4) is 0 Å². The quantitative estimate of drug-likeness (QED) is 0.617. The normalized spacial score (nSPS) is 13.3. The Morgan fingerprint density at radius 1 is 1.27 bits per heavy atom. The molecule has 0 aliphatic rings. The number of ether oxygens (including phenoxy) is 1. The van der Waals surface area contributed by atoms with Gasteiger partial charge in [-0.2, -0.15) is 13.2 Å². The summed E-state index contributed by atoms with van der Waals surface area (Å²) in [5.74, 6) is -1.35. The molecule has 1 atom stereocenters. The van der Waals surface area contributed by atoms with Crippen molar-refractivity contribution in [3.8, 4) is 5.75 Å². The Bertz CT molecular complexity index is 515. The lowest BCUT2D eigenvalue weighted by Crippen LogP contribution is -2.35. The van der Waals surface area contributed by atoms with Crippen LogP contribution in [0, 0.1) is 11.7 Å². The third kappa shape index (κ3) is 5.63. The van der Waals surface area contributed by atoms with Crippen LogP contribution in [0.2, 0.25) is 0 Å². The van der Waals surface area contributed by atoms with Crippen LogP contribution in [0.4, 0.5) is 17.6 Å². The molecule has 0 aliphatic carbocycles. The third-order valence-corrected chi connectivity index (χ3v) is 3.12. The van der Waals surface area contributed by atoms with Gasteiger partial charge >= 0.3 is 6.18 Å². The van der Waals surface area contributed by atoms with Gasteiger partial charge in [0, 0.05) is 12.5 Å². The largest absolute Gasteiger partial charge is 0.493 e. The van der Waals surface area contributed by atoms with Crippen molar-refractivity contribution >= 4 is 5.78 Å². The van der Waals surface area contributed by atoms with Crippen LogP contribution in [0.1, 0.15) is 32.3 Å². The highest BCUT2D eigenvalue weighted by Crippen LogP contribution is 2.32. The zero-order chi connectivity index (χ0) is 16.9. The third-order valence-electron chi connectivity index (χ3n) is 3.12. The van der Waals surface area contributed by atoms with Gasteiger partial charge in [0.1, 0.15) is 17.3 Å². The summed E-state index contributed by atoms with van der Waals surface area (Å²) in [4.78, 5) is 11.6. The van der Waals surface area contributed by atoms with Gasteiger partial charge in [0.05, 0.1) is 18.2 Å². The van der Waals surface area contributed by atoms with E-state index in [0.717, 1.165) is 12.1 Å². The highest BCUT2D eigenvalue weighted by atomic mass is 19.4. The molecule has 1 rings (SSSR count). The predicted octanol–water partition coefficient (Wildman–Crippen LogP) is 3.56. The first-order valence-corrected chi connectivity index (χ1v) is 6.90. The van der Waals surface area contributed by atoms with Crippen LogP contribution in [0.15, 0.2) is 18.2 Å². The van der Waals surface area contributed by atoms with Crippen LogP contribution in [-0.2, 0) is 11.0 Å². The molecule has 1 aromatic rings. The molecule has 0 heterocycles. The summed E-state index contributed by atoms with van der Waals surface area (Å²) in [5.41, 5.74) is 4.57. The van der Waals surface area contributed by atoms with E-state index in [1.807, 2.05) is 13.8 Å². The molecule has 22 heavy (non-hydrogen) atoms. The average Bonchev–Trinajstić information content (AvgIpc) is 2.40. The fourth-order valence-electron chi connectivity index (χ4n) is 1.78. The maximum Gasteiger partial charge on any atom is 0.416 e. The smallest absolute Gasteiger partial charge is 0.416 e. The standard InChI is InChI=1S/C15H19F4NO2/c1-9(2)14(20)13(21)4-3-5-22-12-7-10(15(17,18)19)6-11(16)8-12/h6-9,14H,3-5,20H2,1-2H3/t14-/m1/s1. The zero-order valence-electron chi connectivity index (χ0n) is 12.4. The van der Waals surface area contributed by atoms with Crippen molar-refractivity contribution < 1.29 is 27.1 Å². The SMILES string of the molecule is CC(C)[C@@H](N)C(=O)CCCOc1cc(F)cc(C(F)(F)F)c1. The van der Waals surface area contributed by atoms with Crippen molar-refractivity contribution in [2.45, 2.75) is 38.9 Å². The minimum absolute atomic E-state index is 0.0112. The fraction of sp³-hybridized carbons (Fsp3) is 0.533. The van der Waals surface area contributed by atoms with Gasteiger partial charge in [-0.1, -0.05) is 13.8 Å². The molecule has 0 aliphatic heterocycles. The zero-order valence-corrected chi connectivity index (χ0v) is 12.4. The molecule has 3 nitrogen and oxygen atoms in total. The molecular formula is C15H19F4NO2. The molecule has 7 heteroatoms. The van der Waals surface area contributed by atoms with Gasteiger partial charge in [-0.05, 0) is 24.5 Å². The first kappa shape index (κ1) is 18.4. The van der Waals surface area contributed by atoms with E-state index >= 15 is 0 Å². The van der Waals surface area contributed by atoms with E-state index in [0.29, 0.717) is 12.5 Å². The van der Waals surface area contributed by atoms with Crippen LogP contribution >= 0.6 is 0 Å². The van der Waals surface area contributed by atoms with Crippen LogP contribution in [-0.4, -0.2) is 18.4 Å². The molecule has 0 amide bonds. The summed E-state index contributed by atoms with van der Waals surface area (Å²) in [6.45, 7) is 3.66.